The maximum absolute atomic E-state index is 13.2. The molecule has 1 atom stereocenters. The number of hydrogen-bond acceptors (Lipinski definition) is 8. The molecule has 2 aromatic heterocycles. The van der Waals surface area contributed by atoms with Crippen molar-refractivity contribution in [3.8, 4) is 5.75 Å². The predicted octanol–water partition coefficient (Wildman–Crippen LogP) is 3.93. The Morgan fingerprint density at radius 2 is 2.07 bits per heavy atom. The highest BCUT2D eigenvalue weighted by Crippen LogP contribution is 2.43. The number of amides is 1. The highest BCUT2D eigenvalue weighted by atomic mass is 32.1. The van der Waals surface area contributed by atoms with Crippen LogP contribution in [-0.2, 0) is 4.79 Å². The molecule has 0 saturated carbocycles. The van der Waals surface area contributed by atoms with Crippen LogP contribution in [0.5, 0.6) is 5.75 Å². The number of rotatable bonds is 6. The van der Waals surface area contributed by atoms with Crippen LogP contribution in [0.25, 0.3) is 0 Å². The molecule has 0 saturated heterocycles. The fourth-order valence-corrected chi connectivity index (χ4v) is 4.08. The van der Waals surface area contributed by atoms with E-state index in [1.54, 1.807) is 44.2 Å². The van der Waals surface area contributed by atoms with E-state index in [9.17, 15) is 14.7 Å². The predicted molar refractivity (Wildman–Crippen MR) is 110 cm³/mol. The number of carbonyl (C=O) groups excluding carboxylic acids is 2. The van der Waals surface area contributed by atoms with Crippen LogP contribution < -0.4 is 9.64 Å². The van der Waals surface area contributed by atoms with Crippen LogP contribution in [0.3, 0.4) is 0 Å². The molecule has 1 aromatic carbocycles. The lowest BCUT2D eigenvalue weighted by molar-refractivity contribution is -0.117. The van der Waals surface area contributed by atoms with Crippen LogP contribution in [-0.4, -0.2) is 33.6 Å². The lowest BCUT2D eigenvalue weighted by Gasteiger charge is -2.24. The van der Waals surface area contributed by atoms with Crippen molar-refractivity contribution in [2.45, 2.75) is 26.8 Å². The summed E-state index contributed by atoms with van der Waals surface area (Å²) in [5, 5.41) is 19.7. The zero-order valence-electron chi connectivity index (χ0n) is 16.6. The van der Waals surface area contributed by atoms with Gasteiger partial charge in [-0.2, -0.15) is 0 Å². The smallest absolute Gasteiger partial charge is 0.296 e. The van der Waals surface area contributed by atoms with Crippen molar-refractivity contribution in [3.05, 3.63) is 69.8 Å². The van der Waals surface area contributed by atoms with Gasteiger partial charge in [0.1, 0.15) is 16.5 Å². The molecule has 1 N–H and O–H groups in total. The Kier molecular flexibility index (Phi) is 5.13. The van der Waals surface area contributed by atoms with Gasteiger partial charge in [-0.15, -0.1) is 10.2 Å². The van der Waals surface area contributed by atoms with E-state index in [2.05, 4.69) is 10.2 Å². The van der Waals surface area contributed by atoms with Crippen molar-refractivity contribution < 1.29 is 23.8 Å². The molecule has 0 radical (unpaired) electrons. The molecule has 154 valence electrons. The molecule has 3 heterocycles. The molecule has 1 aliphatic rings. The third kappa shape index (κ3) is 3.37. The van der Waals surface area contributed by atoms with E-state index in [4.69, 9.17) is 9.15 Å². The lowest BCUT2D eigenvalue weighted by Crippen LogP contribution is -2.31. The number of aromatic nitrogens is 2. The van der Waals surface area contributed by atoms with Gasteiger partial charge in [-0.3, -0.25) is 14.5 Å². The first-order valence-corrected chi connectivity index (χ1v) is 10.1. The van der Waals surface area contributed by atoms with Crippen molar-refractivity contribution in [1.82, 2.24) is 10.2 Å². The summed E-state index contributed by atoms with van der Waals surface area (Å²) in [6.45, 7) is 5.80. The van der Waals surface area contributed by atoms with E-state index >= 15 is 0 Å². The number of furan rings is 1. The highest BCUT2D eigenvalue weighted by Gasteiger charge is 2.46. The van der Waals surface area contributed by atoms with Gasteiger partial charge >= 0.3 is 0 Å². The molecule has 0 bridgehead atoms. The number of carbonyl (C=O) groups is 2. The number of anilines is 1. The summed E-state index contributed by atoms with van der Waals surface area (Å²) in [4.78, 5) is 27.5. The number of Topliss-reactive ketones (excluding diaryl/α,β-unsaturated/α-hetero) is 1. The summed E-state index contributed by atoms with van der Waals surface area (Å²) in [5.41, 5.74) is 0.522. The van der Waals surface area contributed by atoms with E-state index in [1.165, 1.54) is 22.3 Å². The zero-order valence-corrected chi connectivity index (χ0v) is 17.4. The second-order valence-corrected chi connectivity index (χ2v) is 7.85. The fraction of sp³-hybridized carbons (Fsp3) is 0.238. The Morgan fingerprint density at radius 1 is 1.27 bits per heavy atom. The Labute approximate surface area is 176 Å². The third-order valence-electron chi connectivity index (χ3n) is 4.62. The van der Waals surface area contributed by atoms with Gasteiger partial charge in [0.15, 0.2) is 11.5 Å². The van der Waals surface area contributed by atoms with Crippen LogP contribution in [0.2, 0.25) is 0 Å². The minimum atomic E-state index is -0.900. The molecule has 0 spiro atoms. The van der Waals surface area contributed by atoms with Gasteiger partial charge in [0.2, 0.25) is 10.9 Å². The first kappa shape index (κ1) is 19.8. The summed E-state index contributed by atoms with van der Waals surface area (Å²) in [5.74, 6) is -0.733. The molecule has 1 amide bonds. The normalized spacial score (nSPS) is 16.4. The average molecular weight is 425 g/mol. The summed E-state index contributed by atoms with van der Waals surface area (Å²) < 4.78 is 11.0. The topological polar surface area (TPSA) is 106 Å². The van der Waals surface area contributed by atoms with Crippen LogP contribution in [0.15, 0.2) is 52.1 Å². The maximum atomic E-state index is 13.2. The minimum absolute atomic E-state index is 0.0445. The highest BCUT2D eigenvalue weighted by molar-refractivity contribution is 7.15. The van der Waals surface area contributed by atoms with Crippen molar-refractivity contribution in [2.75, 3.05) is 11.5 Å². The molecule has 3 aromatic rings. The molecule has 9 heteroatoms. The molecular weight excluding hydrogens is 406 g/mol. The Hall–Kier alpha value is -3.46. The number of aliphatic hydroxyl groups excluding tert-OH is 1. The van der Waals surface area contributed by atoms with Crippen molar-refractivity contribution >= 4 is 28.2 Å². The third-order valence-corrected chi connectivity index (χ3v) is 5.46. The largest absolute Gasteiger partial charge is 0.503 e. The van der Waals surface area contributed by atoms with Crippen LogP contribution in [0.1, 0.15) is 39.9 Å². The number of benzene rings is 1. The van der Waals surface area contributed by atoms with Gasteiger partial charge in [-0.1, -0.05) is 23.5 Å². The Balaban J connectivity index is 1.87. The van der Waals surface area contributed by atoms with Crippen LogP contribution in [0.4, 0.5) is 5.13 Å². The van der Waals surface area contributed by atoms with E-state index in [0.717, 1.165) is 0 Å². The van der Waals surface area contributed by atoms with Gasteiger partial charge in [-0.05, 0) is 50.6 Å². The second kappa shape index (κ2) is 7.75. The number of nitrogens with zero attached hydrogens (tertiary/aromatic N) is 3. The molecule has 1 aliphatic heterocycles. The number of ether oxygens (including phenoxy) is 1. The number of ketones is 1. The van der Waals surface area contributed by atoms with Crippen LogP contribution >= 0.6 is 11.3 Å². The molecule has 8 nitrogen and oxygen atoms in total. The summed E-state index contributed by atoms with van der Waals surface area (Å²) in [6, 6.07) is 9.32. The van der Waals surface area contributed by atoms with Crippen molar-refractivity contribution in [1.29, 1.82) is 0 Å². The number of hydrogen-bond donors (Lipinski definition) is 1. The van der Waals surface area contributed by atoms with E-state index < -0.39 is 23.5 Å². The SMILES string of the molecule is CCOc1cccc([C@@H]2C(C(=O)c3ccc(C)o3)=C(O)C(=O)N2c2nnc(C)s2)c1. The van der Waals surface area contributed by atoms with Gasteiger partial charge in [-0.25, -0.2) is 0 Å². The van der Waals surface area contributed by atoms with E-state index in [1.807, 2.05) is 6.92 Å². The molecule has 30 heavy (non-hydrogen) atoms. The molecule has 0 fully saturated rings. The summed E-state index contributed by atoms with van der Waals surface area (Å²) >= 11 is 1.20. The molecular formula is C21H19N3O5S. The zero-order chi connectivity index (χ0) is 21.4. The molecule has 0 aliphatic carbocycles. The van der Waals surface area contributed by atoms with E-state index in [0.29, 0.717) is 28.7 Å². The quantitative estimate of drug-likeness (QED) is 0.597. The van der Waals surface area contributed by atoms with Crippen LogP contribution in [0, 0.1) is 13.8 Å². The molecule has 0 unspecified atom stereocenters. The van der Waals surface area contributed by atoms with Crippen molar-refractivity contribution in [3.63, 3.8) is 0 Å². The van der Waals surface area contributed by atoms with Gasteiger partial charge in [0.25, 0.3) is 5.91 Å². The Bertz CT molecular complexity index is 1160. The summed E-state index contributed by atoms with van der Waals surface area (Å²) in [7, 11) is 0. The monoisotopic (exact) mass is 425 g/mol. The van der Waals surface area contributed by atoms with Gasteiger partial charge in [0, 0.05) is 0 Å². The number of aryl methyl sites for hydroxylation is 2. The average Bonchev–Trinajstić information content (AvgIpc) is 3.41. The van der Waals surface area contributed by atoms with E-state index in [-0.39, 0.29) is 16.5 Å². The minimum Gasteiger partial charge on any atom is -0.503 e. The van der Waals surface area contributed by atoms with Crippen molar-refractivity contribution in [2.24, 2.45) is 0 Å². The van der Waals surface area contributed by atoms with Gasteiger partial charge < -0.3 is 14.3 Å². The molecule has 4 rings (SSSR count). The lowest BCUT2D eigenvalue weighted by atomic mass is 9.95. The second-order valence-electron chi connectivity index (χ2n) is 6.69. The fourth-order valence-electron chi connectivity index (χ4n) is 3.36. The Morgan fingerprint density at radius 3 is 2.70 bits per heavy atom. The standard InChI is InChI=1S/C21H19N3O5S/c1-4-28-14-7-5-6-13(10-14)17-16(18(25)15-9-8-11(2)29-15)19(26)20(27)24(17)21-23-22-12(3)30-21/h5-10,17,26H,4H2,1-3H3/t17-/m1/s1. The van der Waals surface area contributed by atoms with Gasteiger partial charge in [0.05, 0.1) is 18.2 Å². The summed E-state index contributed by atoms with van der Waals surface area (Å²) in [6.07, 6.45) is 0. The number of aliphatic hydroxyl groups is 1. The maximum Gasteiger partial charge on any atom is 0.296 e. The first-order chi connectivity index (χ1) is 14.4. The first-order valence-electron chi connectivity index (χ1n) is 9.31.